The molecule has 30 heavy (non-hydrogen) atoms. The zero-order valence-corrected chi connectivity index (χ0v) is 16.7. The Labute approximate surface area is 174 Å². The Balaban J connectivity index is 1.68. The number of hydrogen-bond acceptors (Lipinski definition) is 5. The summed E-state index contributed by atoms with van der Waals surface area (Å²) >= 11 is 0. The van der Waals surface area contributed by atoms with Crippen LogP contribution in [0.1, 0.15) is 35.3 Å². The van der Waals surface area contributed by atoms with Gasteiger partial charge in [0.05, 0.1) is 12.8 Å². The Hall–Kier alpha value is -3.51. The first-order chi connectivity index (χ1) is 14.6. The molecule has 1 saturated carbocycles. The average Bonchev–Trinajstić information content (AvgIpc) is 3.16. The van der Waals surface area contributed by atoms with Gasteiger partial charge in [-0.25, -0.2) is 14.3 Å². The number of fused-ring (bicyclic) bond motifs is 1. The summed E-state index contributed by atoms with van der Waals surface area (Å²) in [5.74, 6) is -0.482. The van der Waals surface area contributed by atoms with Crippen LogP contribution >= 0.6 is 0 Å². The van der Waals surface area contributed by atoms with Crippen molar-refractivity contribution < 1.29 is 9.53 Å². The Morgan fingerprint density at radius 2 is 1.73 bits per heavy atom. The lowest BCUT2D eigenvalue weighted by molar-refractivity contribution is 0.0592. The van der Waals surface area contributed by atoms with Gasteiger partial charge in [0, 0.05) is 16.7 Å². The molecule has 0 unspecified atom stereocenters. The minimum absolute atomic E-state index is 0.198. The minimum atomic E-state index is -0.482. The maximum Gasteiger partial charge on any atom is 0.358 e. The molecule has 1 aliphatic carbocycles. The first-order valence-electron chi connectivity index (χ1n) is 10.0. The first-order valence-corrected chi connectivity index (χ1v) is 10.0. The van der Waals surface area contributed by atoms with E-state index in [4.69, 9.17) is 15.5 Å². The molecule has 150 valence electrons. The van der Waals surface area contributed by atoms with Crippen LogP contribution in [0.3, 0.4) is 0 Å². The molecular weight excluding hydrogens is 376 g/mol. The number of methoxy groups -OCH3 is 1. The quantitative estimate of drug-likeness (QED) is 0.521. The lowest BCUT2D eigenvalue weighted by Crippen LogP contribution is -2.43. The molecule has 2 aromatic carbocycles. The number of nitrogens with two attached hydrogens (primary N) is 1. The summed E-state index contributed by atoms with van der Waals surface area (Å²) in [4.78, 5) is 16.8. The monoisotopic (exact) mass is 398 g/mol. The topological polar surface area (TPSA) is 82.5 Å². The molecule has 6 heteroatoms. The molecule has 0 atom stereocenters. The largest absolute Gasteiger partial charge is 0.464 e. The van der Waals surface area contributed by atoms with Crippen LogP contribution in [0.5, 0.6) is 0 Å². The standard InChI is InChI=1S/C24H22N4O2/c1-30-23(29)19-12-13-20-26-21(22(28(20)27-19)17-6-3-2-4-7-17)16-8-10-18(11-9-16)24(25)14-5-15-24/h2-4,6-13H,5,14-15,25H2,1H3. The number of hydrogen-bond donors (Lipinski definition) is 1. The van der Waals surface area contributed by atoms with Crippen LogP contribution < -0.4 is 5.73 Å². The third-order valence-corrected chi connectivity index (χ3v) is 5.90. The fraction of sp³-hybridized carbons (Fsp3) is 0.208. The van der Waals surface area contributed by atoms with Gasteiger partial charge in [-0.1, -0.05) is 54.6 Å². The second-order valence-electron chi connectivity index (χ2n) is 7.74. The van der Waals surface area contributed by atoms with Crippen LogP contribution in [0.15, 0.2) is 66.7 Å². The van der Waals surface area contributed by atoms with E-state index in [9.17, 15) is 4.79 Å². The second kappa shape index (κ2) is 7.07. The van der Waals surface area contributed by atoms with E-state index in [1.165, 1.54) is 13.5 Å². The van der Waals surface area contributed by atoms with E-state index in [0.29, 0.717) is 5.65 Å². The molecule has 0 aliphatic heterocycles. The summed E-state index contributed by atoms with van der Waals surface area (Å²) in [5.41, 5.74) is 11.9. The highest BCUT2D eigenvalue weighted by molar-refractivity contribution is 5.88. The molecule has 4 aromatic rings. The fourth-order valence-electron chi connectivity index (χ4n) is 4.01. The third-order valence-electron chi connectivity index (χ3n) is 5.90. The SMILES string of the molecule is COC(=O)c1ccc2nc(-c3ccc(C4(N)CCC4)cc3)c(-c3ccccc3)n2n1. The van der Waals surface area contributed by atoms with Crippen molar-refractivity contribution in [2.24, 2.45) is 5.73 Å². The van der Waals surface area contributed by atoms with Crippen molar-refractivity contribution in [1.29, 1.82) is 0 Å². The van der Waals surface area contributed by atoms with E-state index in [-0.39, 0.29) is 11.2 Å². The van der Waals surface area contributed by atoms with Gasteiger partial charge in [0.1, 0.15) is 5.69 Å². The smallest absolute Gasteiger partial charge is 0.358 e. The Morgan fingerprint density at radius 3 is 2.37 bits per heavy atom. The highest BCUT2D eigenvalue weighted by Crippen LogP contribution is 2.40. The molecule has 1 fully saturated rings. The van der Waals surface area contributed by atoms with Gasteiger partial charge in [0.2, 0.25) is 0 Å². The normalized spacial score (nSPS) is 15.0. The summed E-state index contributed by atoms with van der Waals surface area (Å²) in [6.07, 6.45) is 3.23. The number of ether oxygens (including phenoxy) is 1. The van der Waals surface area contributed by atoms with Gasteiger partial charge in [-0.2, -0.15) is 5.10 Å². The van der Waals surface area contributed by atoms with Crippen molar-refractivity contribution in [3.63, 3.8) is 0 Å². The molecule has 5 rings (SSSR count). The highest BCUT2D eigenvalue weighted by atomic mass is 16.5. The average molecular weight is 398 g/mol. The Morgan fingerprint density at radius 1 is 1.00 bits per heavy atom. The number of nitrogens with zero attached hydrogens (tertiary/aromatic N) is 3. The fourth-order valence-corrected chi connectivity index (χ4v) is 4.01. The van der Waals surface area contributed by atoms with Gasteiger partial charge in [0.15, 0.2) is 11.3 Å². The molecule has 2 heterocycles. The van der Waals surface area contributed by atoms with Crippen molar-refractivity contribution in [2.75, 3.05) is 7.11 Å². The zero-order chi connectivity index (χ0) is 20.7. The van der Waals surface area contributed by atoms with E-state index in [2.05, 4.69) is 29.4 Å². The summed E-state index contributed by atoms with van der Waals surface area (Å²) in [6.45, 7) is 0. The predicted molar refractivity (Wildman–Crippen MR) is 115 cm³/mol. The molecule has 0 bridgehead atoms. The van der Waals surface area contributed by atoms with E-state index in [1.807, 2.05) is 30.3 Å². The molecule has 2 N–H and O–H groups in total. The molecule has 6 nitrogen and oxygen atoms in total. The summed E-state index contributed by atoms with van der Waals surface area (Å²) in [6, 6.07) is 21.7. The first kappa shape index (κ1) is 18.5. The lowest BCUT2D eigenvalue weighted by Gasteiger charge is -2.38. The molecule has 1 aliphatic rings. The van der Waals surface area contributed by atoms with E-state index in [1.54, 1.807) is 16.6 Å². The molecule has 0 spiro atoms. The molecule has 0 radical (unpaired) electrons. The van der Waals surface area contributed by atoms with Crippen LogP contribution in [0.4, 0.5) is 0 Å². The van der Waals surface area contributed by atoms with Crippen molar-refractivity contribution in [1.82, 2.24) is 14.6 Å². The number of rotatable bonds is 4. The highest BCUT2D eigenvalue weighted by Gasteiger charge is 2.34. The van der Waals surface area contributed by atoms with Gasteiger partial charge in [0.25, 0.3) is 0 Å². The van der Waals surface area contributed by atoms with Crippen molar-refractivity contribution in [3.8, 4) is 22.5 Å². The van der Waals surface area contributed by atoms with E-state index < -0.39 is 5.97 Å². The van der Waals surface area contributed by atoms with Crippen LogP contribution in [0, 0.1) is 0 Å². The number of carbonyl (C=O) groups excluding carboxylic acids is 1. The maximum absolute atomic E-state index is 12.0. The number of carbonyl (C=O) groups is 1. The zero-order valence-electron chi connectivity index (χ0n) is 16.7. The van der Waals surface area contributed by atoms with Crippen molar-refractivity contribution in [2.45, 2.75) is 24.8 Å². The van der Waals surface area contributed by atoms with Gasteiger partial charge >= 0.3 is 5.97 Å². The van der Waals surface area contributed by atoms with E-state index >= 15 is 0 Å². The van der Waals surface area contributed by atoms with Gasteiger partial charge in [-0.3, -0.25) is 0 Å². The van der Waals surface area contributed by atoms with Crippen LogP contribution in [-0.4, -0.2) is 27.7 Å². The van der Waals surface area contributed by atoms with Gasteiger partial charge in [-0.05, 0) is 37.0 Å². The number of aromatic nitrogens is 3. The van der Waals surface area contributed by atoms with Gasteiger partial charge in [-0.15, -0.1) is 0 Å². The lowest BCUT2D eigenvalue weighted by atomic mass is 9.72. The Bertz CT molecular complexity index is 1230. The second-order valence-corrected chi connectivity index (χ2v) is 7.74. The number of esters is 1. The minimum Gasteiger partial charge on any atom is -0.464 e. The third kappa shape index (κ3) is 2.97. The van der Waals surface area contributed by atoms with Crippen molar-refractivity contribution >= 4 is 11.6 Å². The predicted octanol–water partition coefficient (Wildman–Crippen LogP) is 4.19. The van der Waals surface area contributed by atoms with Crippen LogP contribution in [0.2, 0.25) is 0 Å². The maximum atomic E-state index is 12.0. The number of imidazole rings is 1. The molecule has 0 amide bonds. The van der Waals surface area contributed by atoms with Crippen LogP contribution in [0.25, 0.3) is 28.2 Å². The van der Waals surface area contributed by atoms with E-state index in [0.717, 1.165) is 40.9 Å². The van der Waals surface area contributed by atoms with Crippen LogP contribution in [-0.2, 0) is 10.3 Å². The summed E-state index contributed by atoms with van der Waals surface area (Å²) in [5, 5.41) is 4.51. The molecule has 0 saturated heterocycles. The van der Waals surface area contributed by atoms with Gasteiger partial charge < -0.3 is 10.5 Å². The summed E-state index contributed by atoms with van der Waals surface area (Å²) < 4.78 is 6.55. The molecule has 2 aromatic heterocycles. The van der Waals surface area contributed by atoms with Crippen molar-refractivity contribution in [3.05, 3.63) is 78.0 Å². The Kier molecular flexibility index (Phi) is 4.37. The molecular formula is C24H22N4O2. The summed E-state index contributed by atoms with van der Waals surface area (Å²) in [7, 11) is 1.35. The number of benzene rings is 2.